The minimum absolute atomic E-state index is 0.366. The molecule has 0 aliphatic heterocycles. The van der Waals surface area contributed by atoms with Crippen LogP contribution in [-0.4, -0.2) is 21.3 Å². The van der Waals surface area contributed by atoms with E-state index in [4.69, 9.17) is 16.7 Å². The van der Waals surface area contributed by atoms with Crippen molar-refractivity contribution in [3.63, 3.8) is 0 Å². The van der Waals surface area contributed by atoms with Crippen LogP contribution in [0.4, 0.5) is 0 Å². The summed E-state index contributed by atoms with van der Waals surface area (Å²) < 4.78 is 6.40. The summed E-state index contributed by atoms with van der Waals surface area (Å²) in [4.78, 5) is 13.8. The van der Waals surface area contributed by atoms with Crippen molar-refractivity contribution in [2.45, 2.75) is 32.0 Å². The van der Waals surface area contributed by atoms with Gasteiger partial charge < -0.3 is 10.2 Å². The molecule has 1 heterocycles. The molecule has 116 valence electrons. The SMILES string of the molecule is C[n+]1[nH]oc(=O)c1CN(Cc1ccccc1)C(=S)NC1CC1. The van der Waals surface area contributed by atoms with Crippen molar-refractivity contribution < 1.29 is 9.20 Å². The zero-order valence-corrected chi connectivity index (χ0v) is 13.2. The molecule has 2 aromatic rings. The molecule has 1 aromatic carbocycles. The maximum Gasteiger partial charge on any atom is 0.431 e. The number of nitrogens with one attached hydrogen (secondary N) is 2. The quantitative estimate of drug-likeness (QED) is 0.631. The second kappa shape index (κ2) is 6.31. The third kappa shape index (κ3) is 3.54. The molecule has 0 radical (unpaired) electrons. The van der Waals surface area contributed by atoms with E-state index in [0.717, 1.165) is 18.4 Å². The molecule has 22 heavy (non-hydrogen) atoms. The minimum Gasteiger partial charge on any atom is -0.360 e. The maximum absolute atomic E-state index is 11.8. The Bertz CT molecular complexity index is 706. The van der Waals surface area contributed by atoms with Gasteiger partial charge in [-0.2, -0.15) is 0 Å². The molecule has 0 bridgehead atoms. The van der Waals surface area contributed by atoms with Gasteiger partial charge in [-0.3, -0.25) is 4.52 Å². The summed E-state index contributed by atoms with van der Waals surface area (Å²) >= 11 is 5.51. The smallest absolute Gasteiger partial charge is 0.360 e. The highest BCUT2D eigenvalue weighted by atomic mass is 32.1. The average molecular weight is 319 g/mol. The van der Waals surface area contributed by atoms with E-state index in [1.54, 1.807) is 11.7 Å². The van der Waals surface area contributed by atoms with Crippen LogP contribution in [0.25, 0.3) is 0 Å². The molecule has 1 aromatic heterocycles. The molecule has 6 nitrogen and oxygen atoms in total. The van der Waals surface area contributed by atoms with E-state index >= 15 is 0 Å². The molecule has 1 aliphatic rings. The molecule has 1 saturated carbocycles. The molecular weight excluding hydrogens is 300 g/mol. The van der Waals surface area contributed by atoms with Crippen LogP contribution in [0.3, 0.4) is 0 Å². The van der Waals surface area contributed by atoms with Crippen molar-refractivity contribution in [2.75, 3.05) is 0 Å². The number of hydrogen-bond acceptors (Lipinski definition) is 3. The number of thiocarbonyl (C=S) groups is 1. The van der Waals surface area contributed by atoms with Crippen molar-refractivity contribution in [3.05, 3.63) is 52.0 Å². The number of hydrogen-bond donors (Lipinski definition) is 2. The van der Waals surface area contributed by atoms with Gasteiger partial charge in [0.25, 0.3) is 0 Å². The van der Waals surface area contributed by atoms with Crippen LogP contribution >= 0.6 is 12.2 Å². The van der Waals surface area contributed by atoms with Gasteiger partial charge in [0.1, 0.15) is 6.54 Å². The number of nitrogens with zero attached hydrogens (tertiary/aromatic N) is 2. The molecular formula is C15H19N4O2S+. The summed E-state index contributed by atoms with van der Waals surface area (Å²) in [5.74, 6) is 0. The van der Waals surface area contributed by atoms with Crippen molar-refractivity contribution in [2.24, 2.45) is 7.05 Å². The van der Waals surface area contributed by atoms with Crippen LogP contribution in [0, 0.1) is 0 Å². The van der Waals surface area contributed by atoms with Crippen molar-refractivity contribution >= 4 is 17.3 Å². The molecule has 0 unspecified atom stereocenters. The van der Waals surface area contributed by atoms with Crippen LogP contribution in [0.15, 0.2) is 39.6 Å². The van der Waals surface area contributed by atoms with E-state index in [0.29, 0.717) is 29.9 Å². The topological polar surface area (TPSA) is 65.2 Å². The summed E-state index contributed by atoms with van der Waals surface area (Å²) in [5.41, 5.74) is 1.32. The maximum atomic E-state index is 11.8. The lowest BCUT2D eigenvalue weighted by Gasteiger charge is -2.24. The molecule has 7 heteroatoms. The summed E-state index contributed by atoms with van der Waals surface area (Å²) in [6.45, 7) is 1.04. The monoisotopic (exact) mass is 319 g/mol. The van der Waals surface area contributed by atoms with Gasteiger partial charge in [-0.1, -0.05) is 35.0 Å². The fourth-order valence-corrected chi connectivity index (χ4v) is 2.50. The summed E-state index contributed by atoms with van der Waals surface area (Å²) in [6.07, 6.45) is 2.30. The Labute approximate surface area is 133 Å². The summed E-state index contributed by atoms with van der Waals surface area (Å²) in [7, 11) is 1.75. The van der Waals surface area contributed by atoms with Crippen LogP contribution in [0.1, 0.15) is 24.1 Å². The predicted molar refractivity (Wildman–Crippen MR) is 84.9 cm³/mol. The first kappa shape index (κ1) is 14.8. The molecule has 0 atom stereocenters. The fourth-order valence-electron chi connectivity index (χ4n) is 2.21. The standard InChI is InChI=1S/C15H18N4O2S/c1-18-13(14(20)21-17-18)10-19(15(22)16-12-7-8-12)9-11-5-3-2-4-6-11/h2-6,12H,7-10H2,1H3,(H-,16,17,20,22)/p+1. The van der Waals surface area contributed by atoms with Crippen molar-refractivity contribution in [1.82, 2.24) is 15.5 Å². The van der Waals surface area contributed by atoms with Gasteiger partial charge in [-0.05, 0) is 35.9 Å². The highest BCUT2D eigenvalue weighted by Gasteiger charge is 2.27. The highest BCUT2D eigenvalue weighted by Crippen LogP contribution is 2.19. The lowest BCUT2D eigenvalue weighted by Crippen LogP contribution is -2.45. The Kier molecular flexibility index (Phi) is 4.24. The van der Waals surface area contributed by atoms with Gasteiger partial charge in [0.05, 0.1) is 0 Å². The molecule has 1 aliphatic carbocycles. The van der Waals surface area contributed by atoms with E-state index in [1.165, 1.54) is 0 Å². The first-order chi connectivity index (χ1) is 10.6. The Morgan fingerprint density at radius 3 is 2.73 bits per heavy atom. The molecule has 0 spiro atoms. The number of aromatic amines is 1. The normalized spacial score (nSPS) is 13.9. The third-order valence-corrected chi connectivity index (χ3v) is 4.04. The zero-order valence-electron chi connectivity index (χ0n) is 12.4. The second-order valence-corrected chi connectivity index (χ2v) is 5.94. The van der Waals surface area contributed by atoms with Gasteiger partial charge in [0, 0.05) is 12.6 Å². The van der Waals surface area contributed by atoms with Gasteiger partial charge in [-0.25, -0.2) is 4.79 Å². The molecule has 0 amide bonds. The second-order valence-electron chi connectivity index (χ2n) is 5.55. The third-order valence-electron chi connectivity index (χ3n) is 3.66. The van der Waals surface area contributed by atoms with E-state index in [2.05, 4.69) is 10.6 Å². The molecule has 2 N–H and O–H groups in total. The van der Waals surface area contributed by atoms with E-state index in [1.807, 2.05) is 35.2 Å². The van der Waals surface area contributed by atoms with Gasteiger partial charge in [-0.15, -0.1) is 0 Å². The van der Waals surface area contributed by atoms with Gasteiger partial charge >= 0.3 is 11.3 Å². The number of benzene rings is 1. The Balaban J connectivity index is 1.78. The van der Waals surface area contributed by atoms with Crippen LogP contribution in [0.2, 0.25) is 0 Å². The molecule has 1 fully saturated rings. The Morgan fingerprint density at radius 2 is 2.14 bits per heavy atom. The minimum atomic E-state index is -0.366. The lowest BCUT2D eigenvalue weighted by atomic mass is 10.2. The fraction of sp³-hybridized carbons (Fsp3) is 0.400. The Morgan fingerprint density at radius 1 is 1.41 bits per heavy atom. The van der Waals surface area contributed by atoms with E-state index in [-0.39, 0.29) is 5.63 Å². The van der Waals surface area contributed by atoms with Crippen molar-refractivity contribution in [1.29, 1.82) is 0 Å². The predicted octanol–water partition coefficient (Wildman–Crippen LogP) is 0.831. The average Bonchev–Trinajstić information content (AvgIpc) is 3.28. The molecule has 0 saturated heterocycles. The number of aryl methyl sites for hydroxylation is 1. The van der Waals surface area contributed by atoms with Crippen molar-refractivity contribution in [3.8, 4) is 0 Å². The zero-order chi connectivity index (χ0) is 15.5. The number of H-pyrrole nitrogens is 1. The number of rotatable bonds is 5. The first-order valence-corrected chi connectivity index (χ1v) is 7.70. The van der Waals surface area contributed by atoms with E-state index in [9.17, 15) is 4.79 Å². The van der Waals surface area contributed by atoms with E-state index < -0.39 is 0 Å². The highest BCUT2D eigenvalue weighted by molar-refractivity contribution is 7.80. The van der Waals surface area contributed by atoms with Crippen LogP contribution in [0.5, 0.6) is 0 Å². The lowest BCUT2D eigenvalue weighted by molar-refractivity contribution is -0.746. The number of aromatic nitrogens is 2. The first-order valence-electron chi connectivity index (χ1n) is 7.29. The van der Waals surface area contributed by atoms with Gasteiger partial charge in [0.2, 0.25) is 0 Å². The van der Waals surface area contributed by atoms with Crippen LogP contribution < -0.4 is 15.6 Å². The molecule has 3 rings (SSSR count). The summed E-state index contributed by atoms with van der Waals surface area (Å²) in [6, 6.07) is 10.5. The largest absolute Gasteiger partial charge is 0.431 e. The Hall–Kier alpha value is -2.15. The van der Waals surface area contributed by atoms with Crippen LogP contribution in [-0.2, 0) is 20.1 Å². The van der Waals surface area contributed by atoms with Gasteiger partial charge in [0.15, 0.2) is 12.2 Å². The summed E-state index contributed by atoms with van der Waals surface area (Å²) in [5, 5.41) is 6.54.